The summed E-state index contributed by atoms with van der Waals surface area (Å²) in [7, 11) is 0. The lowest BCUT2D eigenvalue weighted by atomic mass is 10.3. The number of rotatable bonds is 3. The van der Waals surface area contributed by atoms with Crippen LogP contribution in [0.15, 0.2) is 0 Å². The van der Waals surface area contributed by atoms with E-state index in [1.54, 1.807) is 0 Å². The molecule has 6 heteroatoms. The highest BCUT2D eigenvalue weighted by Crippen LogP contribution is 2.40. The van der Waals surface area contributed by atoms with Crippen molar-refractivity contribution < 1.29 is 28.5 Å². The van der Waals surface area contributed by atoms with Gasteiger partial charge in [0.05, 0.1) is 25.4 Å². The Morgan fingerprint density at radius 3 is 1.89 bits per heavy atom. The molecule has 1 aliphatic carbocycles. The Kier molecular flexibility index (Phi) is 6.07. The minimum atomic E-state index is -0.368. The predicted octanol–water partition coefficient (Wildman–Crippen LogP) is 0.678. The highest BCUT2D eigenvalue weighted by molar-refractivity contribution is 5.66. The fourth-order valence-electron chi connectivity index (χ4n) is 1.42. The van der Waals surface area contributed by atoms with Gasteiger partial charge in [-0.2, -0.15) is 0 Å². The summed E-state index contributed by atoms with van der Waals surface area (Å²) in [5.41, 5.74) is 0.207. The molecule has 0 aromatic heterocycles. The summed E-state index contributed by atoms with van der Waals surface area (Å²) >= 11 is 0. The lowest BCUT2D eigenvalue weighted by molar-refractivity contribution is -0.149. The summed E-state index contributed by atoms with van der Waals surface area (Å²) < 4.78 is 19.6. The Morgan fingerprint density at radius 2 is 1.61 bits per heavy atom. The van der Waals surface area contributed by atoms with Gasteiger partial charge < -0.3 is 18.9 Å². The zero-order valence-electron chi connectivity index (χ0n) is 10.9. The molecule has 1 saturated carbocycles. The molecule has 1 saturated heterocycles. The van der Waals surface area contributed by atoms with E-state index in [2.05, 4.69) is 9.47 Å². The summed E-state index contributed by atoms with van der Waals surface area (Å²) in [5.74, 6) is -0.737. The average molecular weight is 260 g/mol. The zero-order valence-corrected chi connectivity index (χ0v) is 10.9. The molecule has 0 radical (unpaired) electrons. The number of hydrogen-bond acceptors (Lipinski definition) is 6. The molecule has 0 amide bonds. The van der Waals surface area contributed by atoms with Crippen molar-refractivity contribution in [2.75, 3.05) is 33.0 Å². The van der Waals surface area contributed by atoms with Crippen LogP contribution in [0.3, 0.4) is 0 Å². The number of carbonyl (C=O) groups excluding carboxylic acids is 2. The normalized spacial score (nSPS) is 19.4. The van der Waals surface area contributed by atoms with Gasteiger partial charge in [0.2, 0.25) is 0 Å². The van der Waals surface area contributed by atoms with Crippen molar-refractivity contribution in [3.05, 3.63) is 0 Å². The third-order valence-corrected chi connectivity index (χ3v) is 2.50. The molecule has 1 aliphatic heterocycles. The molecule has 0 unspecified atom stereocenters. The van der Waals surface area contributed by atoms with E-state index in [0.717, 1.165) is 19.8 Å². The Hall–Kier alpha value is -1.14. The molecule has 2 rings (SSSR count). The monoisotopic (exact) mass is 260 g/mol. The van der Waals surface area contributed by atoms with Crippen molar-refractivity contribution in [1.29, 1.82) is 0 Å². The van der Waals surface area contributed by atoms with Crippen LogP contribution in [0.2, 0.25) is 0 Å². The first-order valence-corrected chi connectivity index (χ1v) is 6.02. The molecule has 6 nitrogen and oxygen atoms in total. The second kappa shape index (κ2) is 7.33. The fraction of sp³-hybridized carbons (Fsp3) is 0.833. The van der Waals surface area contributed by atoms with Crippen molar-refractivity contribution in [2.45, 2.75) is 32.3 Å². The molecule has 2 aliphatic rings. The third kappa shape index (κ3) is 6.56. The summed E-state index contributed by atoms with van der Waals surface area (Å²) in [6.45, 7) is 5.31. The van der Waals surface area contributed by atoms with Crippen LogP contribution in [0.25, 0.3) is 0 Å². The standard InChI is InChI=1S/C6H10O4.C6H10O2/c1-5(7)9-3-4-10-6(2)8;1-2-6(1)5-7-3-4-8-6/h3-4H2,1-2H3;1-5H2. The number of carbonyl (C=O) groups is 2. The van der Waals surface area contributed by atoms with Gasteiger partial charge in [0, 0.05) is 13.8 Å². The maximum absolute atomic E-state index is 10.1. The van der Waals surface area contributed by atoms with Crippen LogP contribution in [0, 0.1) is 0 Å². The summed E-state index contributed by atoms with van der Waals surface area (Å²) in [6, 6.07) is 0. The molecule has 0 N–H and O–H groups in total. The first-order chi connectivity index (χ1) is 8.54. The molecule has 1 spiro atoms. The van der Waals surface area contributed by atoms with Crippen molar-refractivity contribution in [1.82, 2.24) is 0 Å². The smallest absolute Gasteiger partial charge is 0.302 e. The van der Waals surface area contributed by atoms with Crippen molar-refractivity contribution in [2.24, 2.45) is 0 Å². The van der Waals surface area contributed by atoms with Crippen molar-refractivity contribution >= 4 is 11.9 Å². The van der Waals surface area contributed by atoms with Crippen LogP contribution in [-0.2, 0) is 28.5 Å². The Balaban J connectivity index is 0.000000182. The second-order valence-corrected chi connectivity index (χ2v) is 4.26. The minimum absolute atomic E-state index is 0.134. The molecule has 0 bridgehead atoms. The molecule has 0 atom stereocenters. The SMILES string of the molecule is C1COC2(CC2)CO1.CC(=O)OCCOC(C)=O. The van der Waals surface area contributed by atoms with Gasteiger partial charge in [0.25, 0.3) is 0 Å². The lowest BCUT2D eigenvalue weighted by Crippen LogP contribution is -2.29. The number of hydrogen-bond donors (Lipinski definition) is 0. The maximum atomic E-state index is 10.1. The van der Waals surface area contributed by atoms with Gasteiger partial charge in [-0.25, -0.2) is 0 Å². The van der Waals surface area contributed by atoms with E-state index >= 15 is 0 Å². The summed E-state index contributed by atoms with van der Waals surface area (Å²) in [4.78, 5) is 20.3. The number of esters is 2. The van der Waals surface area contributed by atoms with Gasteiger partial charge in [-0.3, -0.25) is 9.59 Å². The molecule has 104 valence electrons. The van der Waals surface area contributed by atoms with Gasteiger partial charge in [0.1, 0.15) is 13.2 Å². The van der Waals surface area contributed by atoms with E-state index in [1.165, 1.54) is 26.7 Å². The fourth-order valence-corrected chi connectivity index (χ4v) is 1.42. The van der Waals surface area contributed by atoms with Crippen LogP contribution in [0.4, 0.5) is 0 Å². The highest BCUT2D eigenvalue weighted by Gasteiger charge is 2.45. The van der Waals surface area contributed by atoms with E-state index in [1.807, 2.05) is 0 Å². The third-order valence-electron chi connectivity index (χ3n) is 2.50. The highest BCUT2D eigenvalue weighted by atomic mass is 16.6. The van der Waals surface area contributed by atoms with E-state index in [-0.39, 0.29) is 30.8 Å². The topological polar surface area (TPSA) is 71.1 Å². The van der Waals surface area contributed by atoms with E-state index in [9.17, 15) is 9.59 Å². The summed E-state index contributed by atoms with van der Waals surface area (Å²) in [5, 5.41) is 0. The zero-order chi connectivity index (χ0) is 13.4. The second-order valence-electron chi connectivity index (χ2n) is 4.26. The molecule has 18 heavy (non-hydrogen) atoms. The summed E-state index contributed by atoms with van der Waals surface area (Å²) in [6.07, 6.45) is 2.43. The molecule has 2 fully saturated rings. The molecule has 0 aromatic rings. The maximum Gasteiger partial charge on any atom is 0.302 e. The first-order valence-electron chi connectivity index (χ1n) is 6.02. The van der Waals surface area contributed by atoms with Crippen LogP contribution < -0.4 is 0 Å². The van der Waals surface area contributed by atoms with E-state index in [0.29, 0.717) is 0 Å². The van der Waals surface area contributed by atoms with Crippen molar-refractivity contribution in [3.63, 3.8) is 0 Å². The van der Waals surface area contributed by atoms with E-state index < -0.39 is 0 Å². The van der Waals surface area contributed by atoms with E-state index in [4.69, 9.17) is 9.47 Å². The van der Waals surface area contributed by atoms with Crippen molar-refractivity contribution in [3.8, 4) is 0 Å². The Bertz CT molecular complexity index is 260. The molecular weight excluding hydrogens is 240 g/mol. The lowest BCUT2D eigenvalue weighted by Gasteiger charge is -2.21. The van der Waals surface area contributed by atoms with Gasteiger partial charge in [0.15, 0.2) is 0 Å². The van der Waals surface area contributed by atoms with Gasteiger partial charge in [-0.05, 0) is 12.8 Å². The number of ether oxygens (including phenoxy) is 4. The van der Waals surface area contributed by atoms with Crippen LogP contribution in [0.1, 0.15) is 26.7 Å². The minimum Gasteiger partial charge on any atom is -0.462 e. The Morgan fingerprint density at radius 1 is 1.06 bits per heavy atom. The largest absolute Gasteiger partial charge is 0.462 e. The quantitative estimate of drug-likeness (QED) is 0.549. The Labute approximate surface area is 107 Å². The predicted molar refractivity (Wildman–Crippen MR) is 62.0 cm³/mol. The van der Waals surface area contributed by atoms with Crippen LogP contribution in [0.5, 0.6) is 0 Å². The molecule has 1 heterocycles. The van der Waals surface area contributed by atoms with Crippen LogP contribution in [-0.4, -0.2) is 50.6 Å². The van der Waals surface area contributed by atoms with Crippen LogP contribution >= 0.6 is 0 Å². The molecular formula is C12H20O6. The average Bonchev–Trinajstić information content (AvgIpc) is 3.05. The van der Waals surface area contributed by atoms with Gasteiger partial charge >= 0.3 is 11.9 Å². The molecule has 0 aromatic carbocycles. The van der Waals surface area contributed by atoms with Gasteiger partial charge in [-0.15, -0.1) is 0 Å². The first kappa shape index (κ1) is 14.9. The van der Waals surface area contributed by atoms with Gasteiger partial charge in [-0.1, -0.05) is 0 Å².